The highest BCUT2D eigenvalue weighted by Crippen LogP contribution is 2.60. The highest BCUT2D eigenvalue weighted by Gasteiger charge is 2.77. The predicted octanol–water partition coefficient (Wildman–Crippen LogP) is 3.26. The first-order valence-corrected chi connectivity index (χ1v) is 16.8. The Balaban J connectivity index is 1.59. The van der Waals surface area contributed by atoms with Gasteiger partial charge in [0.1, 0.15) is 17.7 Å². The Morgan fingerprint density at radius 3 is 2.63 bits per heavy atom. The molecule has 3 saturated heterocycles. The molecule has 11 heteroatoms. The van der Waals surface area contributed by atoms with Gasteiger partial charge in [-0.15, -0.1) is 13.2 Å². The van der Waals surface area contributed by atoms with Gasteiger partial charge >= 0.3 is 5.97 Å². The summed E-state index contributed by atoms with van der Waals surface area (Å²) in [5.41, 5.74) is -1.15. The summed E-state index contributed by atoms with van der Waals surface area (Å²) in [6.07, 6.45) is 10.5. The van der Waals surface area contributed by atoms with E-state index in [1.807, 2.05) is 4.90 Å². The fraction of sp³-hybridized carbons (Fsp3) is 0.750. The molecular formula is C32H48BrN3O7. The standard InChI is InChI=1S/C32H48BrN3O7/c1-4-6-15-24(38)34-20-21(3)42-31(41)25-26-29(39)36(17-11-8-12-18-37)28(32(26)19-23(33)27(25)43-32)30(40)35(16-5-2)22-13-9-7-10-14-22/h4-5,21-23,25-28,37H,1-2,6-20H2,3H3,(H,34,38)/t21-,23?,25-,26+,27-,28-,32+/m0/s1. The van der Waals surface area contributed by atoms with Gasteiger partial charge in [-0.1, -0.05) is 47.3 Å². The number of hydrogen-bond donors (Lipinski definition) is 2. The fourth-order valence-electron chi connectivity index (χ4n) is 7.49. The topological polar surface area (TPSA) is 125 Å². The van der Waals surface area contributed by atoms with E-state index >= 15 is 0 Å². The molecule has 10 nitrogen and oxygen atoms in total. The molecule has 0 radical (unpaired) electrons. The zero-order chi connectivity index (χ0) is 31.1. The number of unbranched alkanes of at least 4 members (excludes halogenated alkanes) is 2. The number of aliphatic hydroxyl groups excluding tert-OH is 1. The van der Waals surface area contributed by atoms with E-state index in [2.05, 4.69) is 34.4 Å². The highest BCUT2D eigenvalue weighted by molar-refractivity contribution is 9.09. The van der Waals surface area contributed by atoms with Crippen LogP contribution >= 0.6 is 15.9 Å². The van der Waals surface area contributed by atoms with Crippen molar-refractivity contribution in [2.45, 2.75) is 112 Å². The quantitative estimate of drug-likeness (QED) is 0.112. The van der Waals surface area contributed by atoms with Crippen LogP contribution in [0.2, 0.25) is 0 Å². The molecule has 1 unspecified atom stereocenters. The molecule has 240 valence electrons. The Kier molecular flexibility index (Phi) is 11.9. The first-order valence-electron chi connectivity index (χ1n) is 15.9. The number of nitrogens with one attached hydrogen (secondary N) is 1. The van der Waals surface area contributed by atoms with Gasteiger partial charge in [0.15, 0.2) is 0 Å². The number of carbonyl (C=O) groups excluding carboxylic acids is 4. The number of nitrogens with zero attached hydrogens (tertiary/aromatic N) is 2. The highest BCUT2D eigenvalue weighted by atomic mass is 79.9. The van der Waals surface area contributed by atoms with Crippen LogP contribution in [-0.4, -0.2) is 99.6 Å². The molecule has 0 aromatic heterocycles. The maximum atomic E-state index is 14.6. The van der Waals surface area contributed by atoms with Crippen molar-refractivity contribution in [3.63, 3.8) is 0 Å². The van der Waals surface area contributed by atoms with Crippen molar-refractivity contribution >= 4 is 39.6 Å². The first-order chi connectivity index (χ1) is 20.7. The second-order valence-electron chi connectivity index (χ2n) is 12.4. The number of rotatable bonds is 16. The number of aliphatic hydroxyl groups is 1. The lowest BCUT2D eigenvalue weighted by atomic mass is 9.70. The Hall–Kier alpha value is -2.24. The molecule has 1 aliphatic carbocycles. The largest absolute Gasteiger partial charge is 0.460 e. The van der Waals surface area contributed by atoms with Crippen LogP contribution in [0.3, 0.4) is 0 Å². The summed E-state index contributed by atoms with van der Waals surface area (Å²) in [6.45, 7) is 10.2. The molecular weight excluding hydrogens is 618 g/mol. The maximum Gasteiger partial charge on any atom is 0.312 e. The molecule has 1 saturated carbocycles. The fourth-order valence-corrected chi connectivity index (χ4v) is 8.44. The molecule has 0 aromatic rings. The molecule has 7 atom stereocenters. The average molecular weight is 667 g/mol. The summed E-state index contributed by atoms with van der Waals surface area (Å²) in [5, 5.41) is 12.1. The van der Waals surface area contributed by atoms with Crippen LogP contribution < -0.4 is 5.32 Å². The predicted molar refractivity (Wildman–Crippen MR) is 165 cm³/mol. The Morgan fingerprint density at radius 1 is 1.21 bits per heavy atom. The van der Waals surface area contributed by atoms with Gasteiger partial charge in [-0.2, -0.15) is 0 Å². The number of amides is 3. The van der Waals surface area contributed by atoms with Gasteiger partial charge in [0.2, 0.25) is 17.7 Å². The van der Waals surface area contributed by atoms with Crippen LogP contribution in [0.4, 0.5) is 0 Å². The minimum absolute atomic E-state index is 0.0640. The smallest absolute Gasteiger partial charge is 0.312 e. The summed E-state index contributed by atoms with van der Waals surface area (Å²) in [4.78, 5) is 57.9. The van der Waals surface area contributed by atoms with Crippen LogP contribution in [0.5, 0.6) is 0 Å². The number of alkyl halides is 1. The van der Waals surface area contributed by atoms with E-state index in [-0.39, 0.29) is 41.7 Å². The molecule has 4 aliphatic rings. The van der Waals surface area contributed by atoms with Crippen molar-refractivity contribution < 1.29 is 33.8 Å². The third kappa shape index (κ3) is 7.04. The number of carbonyl (C=O) groups is 4. The van der Waals surface area contributed by atoms with Crippen molar-refractivity contribution in [3.8, 4) is 0 Å². The second-order valence-corrected chi connectivity index (χ2v) is 13.6. The third-order valence-corrected chi connectivity index (χ3v) is 10.3. The SMILES string of the molecule is C=CCCC(=O)NC[C@H](C)OC(=O)[C@@H]1[C@H]2O[C@@]3(CC2Br)[C@H](C(=O)N(CC=C)C2CCCCC2)N(CCCCCO)C(=O)[C@@H]13. The number of halogens is 1. The maximum absolute atomic E-state index is 14.6. The minimum atomic E-state index is -1.15. The molecule has 4 fully saturated rings. The van der Waals surface area contributed by atoms with Crippen LogP contribution in [0.15, 0.2) is 25.3 Å². The number of hydrogen-bond acceptors (Lipinski definition) is 7. The normalized spacial score (nSPS) is 30.5. The van der Waals surface area contributed by atoms with Gasteiger partial charge in [0, 0.05) is 37.0 Å². The van der Waals surface area contributed by atoms with E-state index in [1.54, 1.807) is 24.0 Å². The molecule has 3 amide bonds. The van der Waals surface area contributed by atoms with Crippen LogP contribution in [0, 0.1) is 11.8 Å². The molecule has 3 aliphatic heterocycles. The number of allylic oxidation sites excluding steroid dienone is 1. The zero-order valence-electron chi connectivity index (χ0n) is 25.4. The van der Waals surface area contributed by atoms with E-state index in [9.17, 15) is 24.3 Å². The Bertz CT molecular complexity index is 1050. The zero-order valence-corrected chi connectivity index (χ0v) is 27.0. The summed E-state index contributed by atoms with van der Waals surface area (Å²) >= 11 is 3.71. The minimum Gasteiger partial charge on any atom is -0.460 e. The number of likely N-dealkylation sites (tertiary alicyclic amines) is 1. The van der Waals surface area contributed by atoms with E-state index < -0.39 is 41.7 Å². The van der Waals surface area contributed by atoms with E-state index in [0.29, 0.717) is 51.6 Å². The van der Waals surface area contributed by atoms with Crippen LogP contribution in [0.25, 0.3) is 0 Å². The average Bonchev–Trinajstić information content (AvgIpc) is 3.59. The Morgan fingerprint density at radius 2 is 1.95 bits per heavy atom. The summed E-state index contributed by atoms with van der Waals surface area (Å²) in [5.74, 6) is -2.81. The van der Waals surface area contributed by atoms with E-state index in [4.69, 9.17) is 9.47 Å². The van der Waals surface area contributed by atoms with Crippen molar-refractivity contribution in [3.05, 3.63) is 25.3 Å². The molecule has 2 N–H and O–H groups in total. The van der Waals surface area contributed by atoms with Gasteiger partial charge < -0.3 is 29.7 Å². The summed E-state index contributed by atoms with van der Waals surface area (Å²) in [6, 6.07) is -0.784. The van der Waals surface area contributed by atoms with Gasteiger partial charge in [-0.3, -0.25) is 19.2 Å². The summed E-state index contributed by atoms with van der Waals surface area (Å²) < 4.78 is 12.4. The first kappa shape index (κ1) is 33.6. The molecule has 1 spiro atoms. The molecule has 4 rings (SSSR count). The molecule has 2 bridgehead atoms. The molecule has 43 heavy (non-hydrogen) atoms. The lowest BCUT2D eigenvalue weighted by Gasteiger charge is -2.41. The van der Waals surface area contributed by atoms with Crippen LogP contribution in [0.1, 0.15) is 77.6 Å². The van der Waals surface area contributed by atoms with Crippen molar-refractivity contribution in [1.82, 2.24) is 15.1 Å². The monoisotopic (exact) mass is 665 g/mol. The van der Waals surface area contributed by atoms with Gasteiger partial charge in [-0.25, -0.2) is 0 Å². The lowest BCUT2D eigenvalue weighted by Crippen LogP contribution is -2.58. The van der Waals surface area contributed by atoms with Crippen molar-refractivity contribution in [1.29, 1.82) is 0 Å². The van der Waals surface area contributed by atoms with E-state index in [0.717, 1.165) is 32.1 Å². The van der Waals surface area contributed by atoms with Crippen molar-refractivity contribution in [2.24, 2.45) is 11.8 Å². The number of fused-ring (bicyclic) bond motifs is 1. The van der Waals surface area contributed by atoms with Gasteiger partial charge in [0.05, 0.1) is 24.5 Å². The lowest BCUT2D eigenvalue weighted by molar-refractivity contribution is -0.159. The second kappa shape index (κ2) is 15.2. The van der Waals surface area contributed by atoms with Gasteiger partial charge in [-0.05, 0) is 51.9 Å². The number of ether oxygens (including phenoxy) is 2. The number of esters is 1. The molecule has 3 heterocycles. The van der Waals surface area contributed by atoms with E-state index in [1.165, 1.54) is 0 Å². The van der Waals surface area contributed by atoms with Crippen LogP contribution in [-0.2, 0) is 28.7 Å². The van der Waals surface area contributed by atoms with Gasteiger partial charge in [0.25, 0.3) is 0 Å². The Labute approximate surface area is 263 Å². The third-order valence-electron chi connectivity index (χ3n) is 9.46. The molecule has 0 aromatic carbocycles. The van der Waals surface area contributed by atoms with Crippen molar-refractivity contribution in [2.75, 3.05) is 26.2 Å². The summed E-state index contributed by atoms with van der Waals surface area (Å²) in [7, 11) is 0.